The van der Waals surface area contributed by atoms with Crippen LogP contribution >= 0.6 is 0 Å². The topological polar surface area (TPSA) is 18.5 Å². The summed E-state index contributed by atoms with van der Waals surface area (Å²) in [7, 11) is 0. The second-order valence-corrected chi connectivity index (χ2v) is 5.37. The van der Waals surface area contributed by atoms with Gasteiger partial charge in [-0.15, -0.1) is 5.92 Å². The van der Waals surface area contributed by atoms with Gasteiger partial charge < -0.3 is 9.47 Å². The zero-order valence-electron chi connectivity index (χ0n) is 11.0. The maximum absolute atomic E-state index is 5.69. The Hall–Kier alpha value is -0.520. The molecule has 0 aromatic rings. The van der Waals surface area contributed by atoms with Crippen LogP contribution in [0.4, 0.5) is 0 Å². The molecule has 1 aliphatic rings. The van der Waals surface area contributed by atoms with Crippen LogP contribution in [0.5, 0.6) is 0 Å². The number of unbranched alkanes of at least 4 members (excludes halogenated alkanes) is 2. The summed E-state index contributed by atoms with van der Waals surface area (Å²) in [6.45, 7) is 10.1. The molecule has 0 aromatic heterocycles. The van der Waals surface area contributed by atoms with E-state index >= 15 is 0 Å². The summed E-state index contributed by atoms with van der Waals surface area (Å²) in [5, 5.41) is 0. The zero-order chi connectivity index (χ0) is 12.0. The van der Waals surface area contributed by atoms with Crippen LogP contribution in [0.3, 0.4) is 0 Å². The summed E-state index contributed by atoms with van der Waals surface area (Å²) in [4.78, 5) is 0. The van der Waals surface area contributed by atoms with E-state index in [0.717, 1.165) is 19.6 Å². The minimum absolute atomic E-state index is 0.137. The van der Waals surface area contributed by atoms with Crippen molar-refractivity contribution >= 4 is 0 Å². The normalized spacial score (nSPS) is 22.2. The highest BCUT2D eigenvalue weighted by atomic mass is 16.7. The second-order valence-electron chi connectivity index (χ2n) is 5.37. The molecule has 0 bridgehead atoms. The molecule has 1 aliphatic heterocycles. The molecule has 1 heterocycles. The van der Waals surface area contributed by atoms with Gasteiger partial charge in [0.15, 0.2) is 6.29 Å². The third-order valence-electron chi connectivity index (χ3n) is 2.67. The average Bonchev–Trinajstić information content (AvgIpc) is 2.24. The molecule has 0 saturated carbocycles. The van der Waals surface area contributed by atoms with Crippen molar-refractivity contribution in [3.05, 3.63) is 0 Å². The van der Waals surface area contributed by atoms with Crippen LogP contribution < -0.4 is 0 Å². The van der Waals surface area contributed by atoms with Gasteiger partial charge in [-0.05, 0) is 13.3 Å². The molecule has 2 heteroatoms. The SMILES string of the molecule is CCCCC#C[C@@H](C)C1OCC(C)(C)CO1. The minimum atomic E-state index is -0.137. The first-order valence-corrected chi connectivity index (χ1v) is 6.27. The van der Waals surface area contributed by atoms with Gasteiger partial charge in [-0.3, -0.25) is 0 Å². The second kappa shape index (κ2) is 6.27. The predicted octanol–water partition coefficient (Wildman–Crippen LogP) is 3.22. The molecule has 0 amide bonds. The Morgan fingerprint density at radius 3 is 2.50 bits per heavy atom. The molecule has 92 valence electrons. The van der Waals surface area contributed by atoms with Crippen molar-refractivity contribution in [2.24, 2.45) is 11.3 Å². The quantitative estimate of drug-likeness (QED) is 0.541. The fourth-order valence-electron chi connectivity index (χ4n) is 1.56. The van der Waals surface area contributed by atoms with Crippen LogP contribution in [-0.4, -0.2) is 19.5 Å². The van der Waals surface area contributed by atoms with E-state index in [2.05, 4.69) is 39.5 Å². The molecular formula is C14H24O2. The van der Waals surface area contributed by atoms with Crippen LogP contribution in [-0.2, 0) is 9.47 Å². The lowest BCUT2D eigenvalue weighted by molar-refractivity contribution is -0.233. The Balaban J connectivity index is 2.32. The molecular weight excluding hydrogens is 200 g/mol. The Kier molecular flexibility index (Phi) is 5.31. The first-order chi connectivity index (χ1) is 7.55. The summed E-state index contributed by atoms with van der Waals surface area (Å²) in [5.74, 6) is 6.58. The maximum Gasteiger partial charge on any atom is 0.170 e. The zero-order valence-corrected chi connectivity index (χ0v) is 11.0. The van der Waals surface area contributed by atoms with E-state index < -0.39 is 0 Å². The van der Waals surface area contributed by atoms with Gasteiger partial charge in [-0.1, -0.05) is 33.1 Å². The first kappa shape index (κ1) is 13.5. The van der Waals surface area contributed by atoms with Crippen molar-refractivity contribution in [3.63, 3.8) is 0 Å². The Morgan fingerprint density at radius 2 is 1.94 bits per heavy atom. The van der Waals surface area contributed by atoms with Crippen molar-refractivity contribution in [1.82, 2.24) is 0 Å². The van der Waals surface area contributed by atoms with E-state index in [0.29, 0.717) is 0 Å². The van der Waals surface area contributed by atoms with Gasteiger partial charge in [-0.25, -0.2) is 0 Å². The largest absolute Gasteiger partial charge is 0.351 e. The van der Waals surface area contributed by atoms with Crippen molar-refractivity contribution in [3.8, 4) is 11.8 Å². The molecule has 0 unspecified atom stereocenters. The number of hydrogen-bond donors (Lipinski definition) is 0. The van der Waals surface area contributed by atoms with Crippen molar-refractivity contribution < 1.29 is 9.47 Å². The molecule has 0 spiro atoms. The molecule has 0 aliphatic carbocycles. The molecule has 1 atom stereocenters. The molecule has 1 fully saturated rings. The summed E-state index contributed by atoms with van der Waals surface area (Å²) in [6, 6.07) is 0. The Labute approximate surface area is 99.7 Å². The van der Waals surface area contributed by atoms with Crippen molar-refractivity contribution in [2.75, 3.05) is 13.2 Å². The van der Waals surface area contributed by atoms with Crippen LogP contribution in [0.15, 0.2) is 0 Å². The van der Waals surface area contributed by atoms with Gasteiger partial charge >= 0.3 is 0 Å². The molecule has 0 aromatic carbocycles. The highest BCUT2D eigenvalue weighted by Gasteiger charge is 2.30. The van der Waals surface area contributed by atoms with E-state index in [-0.39, 0.29) is 17.6 Å². The van der Waals surface area contributed by atoms with Gasteiger partial charge in [0.1, 0.15) is 0 Å². The molecule has 1 rings (SSSR count). The fourth-order valence-corrected chi connectivity index (χ4v) is 1.56. The Morgan fingerprint density at radius 1 is 1.31 bits per heavy atom. The lowest BCUT2D eigenvalue weighted by Crippen LogP contribution is -2.40. The summed E-state index contributed by atoms with van der Waals surface area (Å²) in [5.41, 5.74) is 0.145. The van der Waals surface area contributed by atoms with E-state index in [4.69, 9.17) is 9.47 Å². The number of rotatable bonds is 3. The predicted molar refractivity (Wildman–Crippen MR) is 65.9 cm³/mol. The molecule has 1 saturated heterocycles. The number of ether oxygens (including phenoxy) is 2. The Bertz CT molecular complexity index is 250. The van der Waals surface area contributed by atoms with Crippen molar-refractivity contribution in [1.29, 1.82) is 0 Å². The lowest BCUT2D eigenvalue weighted by atomic mass is 9.95. The van der Waals surface area contributed by atoms with E-state index in [1.54, 1.807) is 0 Å². The van der Waals surface area contributed by atoms with E-state index in [9.17, 15) is 0 Å². The van der Waals surface area contributed by atoms with Gasteiger partial charge in [0.25, 0.3) is 0 Å². The van der Waals surface area contributed by atoms with Gasteiger partial charge in [0, 0.05) is 11.8 Å². The third kappa shape index (κ3) is 4.55. The van der Waals surface area contributed by atoms with Crippen LogP contribution in [0.2, 0.25) is 0 Å². The summed E-state index contributed by atoms with van der Waals surface area (Å²) >= 11 is 0. The van der Waals surface area contributed by atoms with Crippen LogP contribution in [0, 0.1) is 23.2 Å². The van der Waals surface area contributed by atoms with E-state index in [1.165, 1.54) is 12.8 Å². The molecule has 0 N–H and O–H groups in total. The standard InChI is InChI=1S/C14H24O2/c1-5-6-7-8-9-12(2)13-15-10-14(3,4)11-16-13/h12-13H,5-7,10-11H2,1-4H3/t12-/m1/s1. The van der Waals surface area contributed by atoms with E-state index in [1.807, 2.05) is 0 Å². The van der Waals surface area contributed by atoms with Crippen LogP contribution in [0.25, 0.3) is 0 Å². The molecule has 0 radical (unpaired) electrons. The van der Waals surface area contributed by atoms with Gasteiger partial charge in [-0.2, -0.15) is 0 Å². The van der Waals surface area contributed by atoms with Gasteiger partial charge in [0.2, 0.25) is 0 Å². The fraction of sp³-hybridized carbons (Fsp3) is 0.857. The first-order valence-electron chi connectivity index (χ1n) is 6.27. The number of hydrogen-bond acceptors (Lipinski definition) is 2. The third-order valence-corrected chi connectivity index (χ3v) is 2.67. The molecule has 16 heavy (non-hydrogen) atoms. The van der Waals surface area contributed by atoms with Crippen molar-refractivity contribution in [2.45, 2.75) is 53.2 Å². The smallest absolute Gasteiger partial charge is 0.170 e. The van der Waals surface area contributed by atoms with Crippen LogP contribution in [0.1, 0.15) is 47.0 Å². The minimum Gasteiger partial charge on any atom is -0.351 e. The molecule has 2 nitrogen and oxygen atoms in total. The maximum atomic E-state index is 5.69. The summed E-state index contributed by atoms with van der Waals surface area (Å²) in [6.07, 6.45) is 3.23. The average molecular weight is 224 g/mol. The monoisotopic (exact) mass is 224 g/mol. The highest BCUT2D eigenvalue weighted by Crippen LogP contribution is 2.25. The lowest BCUT2D eigenvalue weighted by Gasteiger charge is -2.35. The van der Waals surface area contributed by atoms with Gasteiger partial charge in [0.05, 0.1) is 19.1 Å². The highest BCUT2D eigenvalue weighted by molar-refractivity contribution is 5.03. The summed E-state index contributed by atoms with van der Waals surface area (Å²) < 4.78 is 11.4.